The summed E-state index contributed by atoms with van der Waals surface area (Å²) in [5.74, 6) is -0.729. The maximum absolute atomic E-state index is 8.53. The van der Waals surface area contributed by atoms with Crippen molar-refractivity contribution in [3.8, 4) is 0 Å². The largest absolute Gasteiger partial charge is 0.480 e. The monoisotopic (exact) mass is 192 g/mol. The van der Waals surface area contributed by atoms with Crippen LogP contribution in [0.3, 0.4) is 0 Å². The Morgan fingerprint density at radius 3 is 2.17 bits per heavy atom. The average Bonchev–Trinajstić information content (AvgIpc) is 2.03. The van der Waals surface area contributed by atoms with Gasteiger partial charge in [0.05, 0.1) is 5.03 Å². The van der Waals surface area contributed by atoms with Gasteiger partial charge in [-0.3, -0.25) is 0 Å². The Balaban J connectivity index is 3.26. The molecule has 0 heterocycles. The quantitative estimate of drug-likeness (QED) is 0.496. The van der Waals surface area contributed by atoms with E-state index in [9.17, 15) is 0 Å². The second-order valence-electron chi connectivity index (χ2n) is 2.89. The molecule has 12 heavy (non-hydrogen) atoms. The number of halogens is 1. The smallest absolute Gasteiger partial charge is 0.289 e. The van der Waals surface area contributed by atoms with Gasteiger partial charge >= 0.3 is 0 Å². The second kappa shape index (κ2) is 7.29. The zero-order valence-electron chi connectivity index (χ0n) is 7.52. The Labute approximate surface area is 78.9 Å². The Kier molecular flexibility index (Phi) is 7.06. The lowest BCUT2D eigenvalue weighted by Crippen LogP contribution is -1.84. The van der Waals surface area contributed by atoms with Crippen molar-refractivity contribution >= 4 is 11.6 Å². The van der Waals surface area contributed by atoms with Crippen LogP contribution in [0.2, 0.25) is 0 Å². The molecule has 0 aromatic carbocycles. The molecule has 0 aliphatic rings. The predicted molar refractivity (Wildman–Crippen MR) is 51.5 cm³/mol. The van der Waals surface area contributed by atoms with E-state index in [1.165, 1.54) is 19.3 Å². The molecule has 3 heteroatoms. The molecule has 0 rings (SSSR count). The van der Waals surface area contributed by atoms with Crippen LogP contribution in [0.4, 0.5) is 0 Å². The van der Waals surface area contributed by atoms with Crippen LogP contribution in [0.15, 0.2) is 11.0 Å². The van der Waals surface area contributed by atoms with Crippen LogP contribution in [0.25, 0.3) is 0 Å². The van der Waals surface area contributed by atoms with Crippen molar-refractivity contribution in [2.24, 2.45) is 0 Å². The molecular formula is C9H17ClO2. The summed E-state index contributed by atoms with van der Waals surface area (Å²) in [6, 6.07) is 0. The summed E-state index contributed by atoms with van der Waals surface area (Å²) in [5.41, 5.74) is 0. The summed E-state index contributed by atoms with van der Waals surface area (Å²) in [7, 11) is 0. The van der Waals surface area contributed by atoms with Gasteiger partial charge in [0.25, 0.3) is 5.95 Å². The number of aliphatic hydroxyl groups is 2. The number of unbranched alkanes of at least 4 members (excludes halogenated alkanes) is 4. The van der Waals surface area contributed by atoms with Crippen LogP contribution in [0.5, 0.6) is 0 Å². The van der Waals surface area contributed by atoms with E-state index in [1.807, 2.05) is 0 Å². The molecule has 0 radical (unpaired) electrons. The van der Waals surface area contributed by atoms with Crippen molar-refractivity contribution in [3.63, 3.8) is 0 Å². The van der Waals surface area contributed by atoms with Crippen LogP contribution in [0, 0.1) is 0 Å². The maximum atomic E-state index is 8.53. The minimum absolute atomic E-state index is 0.173. The third-order valence-corrected chi connectivity index (χ3v) is 2.10. The molecule has 72 valence electrons. The van der Waals surface area contributed by atoms with E-state index in [0.717, 1.165) is 12.8 Å². The van der Waals surface area contributed by atoms with Gasteiger partial charge in [0.2, 0.25) is 0 Å². The molecule has 0 aromatic rings. The van der Waals surface area contributed by atoms with Gasteiger partial charge in [0.1, 0.15) is 0 Å². The third-order valence-electron chi connectivity index (χ3n) is 1.74. The highest BCUT2D eigenvalue weighted by Gasteiger charge is 1.99. The van der Waals surface area contributed by atoms with Crippen LogP contribution in [0.1, 0.15) is 45.4 Å². The third kappa shape index (κ3) is 6.35. The van der Waals surface area contributed by atoms with E-state index < -0.39 is 5.95 Å². The van der Waals surface area contributed by atoms with Gasteiger partial charge in [-0.05, 0) is 12.8 Å². The van der Waals surface area contributed by atoms with E-state index in [0.29, 0.717) is 6.42 Å². The molecule has 0 saturated carbocycles. The summed E-state index contributed by atoms with van der Waals surface area (Å²) in [5, 5.41) is 17.2. The van der Waals surface area contributed by atoms with Gasteiger partial charge in [-0.25, -0.2) is 0 Å². The lowest BCUT2D eigenvalue weighted by Gasteiger charge is -1.99. The molecule has 0 saturated heterocycles. The fourth-order valence-corrected chi connectivity index (χ4v) is 1.13. The van der Waals surface area contributed by atoms with Crippen molar-refractivity contribution < 1.29 is 10.2 Å². The lowest BCUT2D eigenvalue weighted by molar-refractivity contribution is 0.187. The molecule has 0 aliphatic heterocycles. The predicted octanol–water partition coefficient (Wildman–Crippen LogP) is 3.87. The van der Waals surface area contributed by atoms with Gasteiger partial charge in [0.15, 0.2) is 0 Å². The van der Waals surface area contributed by atoms with Gasteiger partial charge in [0, 0.05) is 0 Å². The zero-order chi connectivity index (χ0) is 9.40. The van der Waals surface area contributed by atoms with E-state index in [2.05, 4.69) is 6.92 Å². The Morgan fingerprint density at radius 1 is 1.08 bits per heavy atom. The van der Waals surface area contributed by atoms with Gasteiger partial charge in [-0.15, -0.1) is 0 Å². The highest BCUT2D eigenvalue weighted by atomic mass is 35.5. The molecule has 0 aliphatic carbocycles. The van der Waals surface area contributed by atoms with Gasteiger partial charge in [-0.1, -0.05) is 44.2 Å². The van der Waals surface area contributed by atoms with E-state index >= 15 is 0 Å². The molecule has 0 atom stereocenters. The van der Waals surface area contributed by atoms with Crippen molar-refractivity contribution in [3.05, 3.63) is 11.0 Å². The highest BCUT2D eigenvalue weighted by molar-refractivity contribution is 6.29. The van der Waals surface area contributed by atoms with Crippen molar-refractivity contribution in [1.29, 1.82) is 0 Å². The van der Waals surface area contributed by atoms with Crippen LogP contribution >= 0.6 is 11.6 Å². The number of hydrogen-bond acceptors (Lipinski definition) is 2. The summed E-state index contributed by atoms with van der Waals surface area (Å²) >= 11 is 5.51. The van der Waals surface area contributed by atoms with Crippen molar-refractivity contribution in [2.75, 3.05) is 0 Å². The molecule has 0 spiro atoms. The molecular weight excluding hydrogens is 176 g/mol. The SMILES string of the molecule is CCCCCCCC(Cl)=C(O)O. The molecule has 2 N–H and O–H groups in total. The molecule has 0 fully saturated rings. The maximum Gasteiger partial charge on any atom is 0.289 e. The normalized spacial score (nSPS) is 9.83. The van der Waals surface area contributed by atoms with Crippen molar-refractivity contribution in [2.45, 2.75) is 45.4 Å². The summed E-state index contributed by atoms with van der Waals surface area (Å²) in [6.07, 6.45) is 6.28. The highest BCUT2D eigenvalue weighted by Crippen LogP contribution is 2.15. The first-order valence-electron chi connectivity index (χ1n) is 4.45. The minimum atomic E-state index is -0.729. The lowest BCUT2D eigenvalue weighted by atomic mass is 10.1. The summed E-state index contributed by atoms with van der Waals surface area (Å²) in [4.78, 5) is 0. The first-order chi connectivity index (χ1) is 5.68. The Morgan fingerprint density at radius 2 is 1.67 bits per heavy atom. The molecule has 0 unspecified atom stereocenters. The number of hydrogen-bond donors (Lipinski definition) is 2. The van der Waals surface area contributed by atoms with E-state index in [1.54, 1.807) is 0 Å². The molecule has 0 amide bonds. The summed E-state index contributed by atoms with van der Waals surface area (Å²) in [6.45, 7) is 2.16. The fourth-order valence-electron chi connectivity index (χ4n) is 0.996. The Bertz CT molecular complexity index is 139. The fraction of sp³-hybridized carbons (Fsp3) is 0.778. The number of allylic oxidation sites excluding steroid dienone is 1. The van der Waals surface area contributed by atoms with E-state index in [4.69, 9.17) is 21.8 Å². The van der Waals surface area contributed by atoms with Crippen LogP contribution in [-0.2, 0) is 0 Å². The van der Waals surface area contributed by atoms with E-state index in [-0.39, 0.29) is 5.03 Å². The standard InChI is InChI=1S/C9H17ClO2/c1-2-3-4-5-6-7-8(10)9(11)12/h11-12H,2-7H2,1H3. The first kappa shape index (κ1) is 11.6. The van der Waals surface area contributed by atoms with Gasteiger partial charge in [-0.2, -0.15) is 0 Å². The summed E-state index contributed by atoms with van der Waals surface area (Å²) < 4.78 is 0. The number of aliphatic hydroxyl groups excluding tert-OH is 1. The molecule has 0 aromatic heterocycles. The van der Waals surface area contributed by atoms with Crippen LogP contribution in [-0.4, -0.2) is 10.2 Å². The first-order valence-corrected chi connectivity index (χ1v) is 4.82. The minimum Gasteiger partial charge on any atom is -0.480 e. The average molecular weight is 193 g/mol. The van der Waals surface area contributed by atoms with Crippen LogP contribution < -0.4 is 0 Å². The molecule has 2 nitrogen and oxygen atoms in total. The molecule has 0 bridgehead atoms. The zero-order valence-corrected chi connectivity index (χ0v) is 8.27. The van der Waals surface area contributed by atoms with Crippen molar-refractivity contribution in [1.82, 2.24) is 0 Å². The van der Waals surface area contributed by atoms with Gasteiger partial charge < -0.3 is 10.2 Å². The Hall–Kier alpha value is -0.370. The topological polar surface area (TPSA) is 40.5 Å². The second-order valence-corrected chi connectivity index (χ2v) is 3.35. The number of rotatable bonds is 6.